The number of fused-ring (bicyclic) bond motifs is 2. The van der Waals surface area contributed by atoms with E-state index in [0.717, 1.165) is 5.56 Å². The topological polar surface area (TPSA) is 131 Å². The highest BCUT2D eigenvalue weighted by atomic mass is 32.2. The van der Waals surface area contributed by atoms with Crippen LogP contribution in [0.1, 0.15) is 11.3 Å². The second kappa shape index (κ2) is 7.71. The van der Waals surface area contributed by atoms with Crippen LogP contribution in [0.15, 0.2) is 46.1 Å². The summed E-state index contributed by atoms with van der Waals surface area (Å²) in [5.74, 6) is 0.562. The molecule has 0 unspecified atom stereocenters. The van der Waals surface area contributed by atoms with E-state index < -0.39 is 10.0 Å². The summed E-state index contributed by atoms with van der Waals surface area (Å²) in [7, 11) is -1.30. The lowest BCUT2D eigenvalue weighted by molar-refractivity contribution is 0.340. The number of sulfonamides is 1. The molecule has 0 radical (unpaired) electrons. The maximum absolute atomic E-state index is 13.3. The number of hydrogen-bond acceptors (Lipinski definition) is 9. The van der Waals surface area contributed by atoms with Gasteiger partial charge in [0.15, 0.2) is 16.3 Å². The number of nitrogens with one attached hydrogen (secondary N) is 1. The van der Waals surface area contributed by atoms with Crippen molar-refractivity contribution in [2.75, 3.05) is 25.5 Å². The zero-order valence-electron chi connectivity index (χ0n) is 17.2. The normalized spacial score (nSPS) is 13.1. The highest BCUT2D eigenvalue weighted by Crippen LogP contribution is 2.41. The van der Waals surface area contributed by atoms with E-state index in [-0.39, 0.29) is 28.1 Å². The number of hydrogen-bond donors (Lipinski definition) is 1. The van der Waals surface area contributed by atoms with Gasteiger partial charge in [0.1, 0.15) is 16.9 Å². The van der Waals surface area contributed by atoms with Crippen LogP contribution in [0.4, 0.5) is 5.82 Å². The highest BCUT2D eigenvalue weighted by molar-refractivity contribution is 7.93. The Morgan fingerprint density at radius 3 is 2.88 bits per heavy atom. The Morgan fingerprint density at radius 1 is 1.25 bits per heavy atom. The van der Waals surface area contributed by atoms with Gasteiger partial charge < -0.3 is 18.7 Å². The fourth-order valence-electron chi connectivity index (χ4n) is 3.63. The molecule has 0 amide bonds. The zero-order valence-corrected chi connectivity index (χ0v) is 18.0. The van der Waals surface area contributed by atoms with Crippen molar-refractivity contribution in [1.82, 2.24) is 19.9 Å². The minimum atomic E-state index is -4.14. The molecule has 4 aromatic rings. The first-order chi connectivity index (χ1) is 15.5. The summed E-state index contributed by atoms with van der Waals surface area (Å²) in [5, 5.41) is 8.36. The van der Waals surface area contributed by atoms with Crippen LogP contribution in [-0.4, -0.2) is 49.2 Å². The van der Waals surface area contributed by atoms with E-state index in [1.165, 1.54) is 14.2 Å². The molecule has 1 aromatic carbocycles. The average Bonchev–Trinajstić information content (AvgIpc) is 3.53. The van der Waals surface area contributed by atoms with Crippen LogP contribution < -0.4 is 18.9 Å². The number of rotatable bonds is 7. The summed E-state index contributed by atoms with van der Waals surface area (Å²) in [5.41, 5.74) is 1.72. The second-order valence-corrected chi connectivity index (χ2v) is 8.64. The van der Waals surface area contributed by atoms with Crippen LogP contribution in [0.25, 0.3) is 11.0 Å². The summed E-state index contributed by atoms with van der Waals surface area (Å²) in [6, 6.07) is 6.86. The van der Waals surface area contributed by atoms with Gasteiger partial charge in [-0.2, -0.15) is 5.10 Å². The van der Waals surface area contributed by atoms with E-state index in [4.69, 9.17) is 18.7 Å². The molecule has 3 aromatic heterocycles. The van der Waals surface area contributed by atoms with E-state index in [9.17, 15) is 8.42 Å². The lowest BCUT2D eigenvalue weighted by atomic mass is 10.2. The molecule has 0 fully saturated rings. The van der Waals surface area contributed by atoms with Crippen LogP contribution in [0.2, 0.25) is 0 Å². The molecule has 0 saturated heterocycles. The first-order valence-electron chi connectivity index (χ1n) is 9.66. The molecule has 0 aliphatic carbocycles. The van der Waals surface area contributed by atoms with Crippen LogP contribution in [0.3, 0.4) is 0 Å². The standard InChI is InChI=1S/C20H19N5O6S/c1-28-14-5-4-12-6-9-30-17(12)18(14)32(26,27)24-19-16-15(31-23-19)10-13(22-20(16)29-2)11-25-8-3-7-21-25/h3-5,7-8,10H,6,9,11H2,1-2H3,(H,23,24). The Kier molecular flexibility index (Phi) is 4.85. The maximum atomic E-state index is 13.3. The van der Waals surface area contributed by atoms with Gasteiger partial charge in [-0.1, -0.05) is 11.2 Å². The summed E-state index contributed by atoms with van der Waals surface area (Å²) < 4.78 is 52.5. The van der Waals surface area contributed by atoms with Gasteiger partial charge >= 0.3 is 0 Å². The van der Waals surface area contributed by atoms with Crippen molar-refractivity contribution in [2.24, 2.45) is 0 Å². The Labute approximate surface area is 182 Å². The first-order valence-corrected chi connectivity index (χ1v) is 11.1. The summed E-state index contributed by atoms with van der Waals surface area (Å²) >= 11 is 0. The summed E-state index contributed by atoms with van der Waals surface area (Å²) in [6.07, 6.45) is 4.08. The van der Waals surface area contributed by atoms with Gasteiger partial charge in [-0.25, -0.2) is 13.4 Å². The lowest BCUT2D eigenvalue weighted by Gasteiger charge is -2.14. The smallest absolute Gasteiger partial charge is 0.270 e. The molecule has 0 saturated carbocycles. The molecule has 1 aliphatic rings. The third-order valence-electron chi connectivity index (χ3n) is 5.05. The lowest BCUT2D eigenvalue weighted by Crippen LogP contribution is -2.16. The Hall–Kier alpha value is -3.80. The second-order valence-electron chi connectivity index (χ2n) is 7.02. The fourth-order valence-corrected chi connectivity index (χ4v) is 4.98. The molecule has 4 heterocycles. The minimum absolute atomic E-state index is 0.0485. The quantitative estimate of drug-likeness (QED) is 0.444. The van der Waals surface area contributed by atoms with Gasteiger partial charge in [0.05, 0.1) is 33.1 Å². The zero-order chi connectivity index (χ0) is 22.3. The Bertz CT molecular complexity index is 1400. The molecule has 11 nitrogen and oxygen atoms in total. The number of pyridine rings is 1. The minimum Gasteiger partial charge on any atom is -0.495 e. The average molecular weight is 457 g/mol. The third-order valence-corrected chi connectivity index (χ3v) is 6.43. The molecule has 0 atom stereocenters. The van der Waals surface area contributed by atoms with Gasteiger partial charge in [0, 0.05) is 24.9 Å². The van der Waals surface area contributed by atoms with Gasteiger partial charge in [0.25, 0.3) is 10.0 Å². The molecule has 12 heteroatoms. The number of benzene rings is 1. The monoisotopic (exact) mass is 457 g/mol. The van der Waals surface area contributed by atoms with Crippen molar-refractivity contribution < 1.29 is 27.2 Å². The van der Waals surface area contributed by atoms with Gasteiger partial charge in [0.2, 0.25) is 5.88 Å². The molecule has 0 spiro atoms. The van der Waals surface area contributed by atoms with Gasteiger partial charge in [-0.05, 0) is 17.7 Å². The molecular formula is C20H19N5O6S. The SMILES string of the molecule is COc1ccc2c(c1S(=O)(=O)Nc1noc3cc(Cn4cccn4)nc(OC)c13)OCC2. The molecule has 0 bridgehead atoms. The van der Waals surface area contributed by atoms with Crippen LogP contribution in [0.5, 0.6) is 17.4 Å². The van der Waals surface area contributed by atoms with Gasteiger partial charge in [-0.3, -0.25) is 9.40 Å². The molecule has 1 aliphatic heterocycles. The number of anilines is 1. The van der Waals surface area contributed by atoms with E-state index in [1.54, 1.807) is 41.3 Å². The molecule has 5 rings (SSSR count). The van der Waals surface area contributed by atoms with E-state index >= 15 is 0 Å². The first kappa shape index (κ1) is 20.1. The number of methoxy groups -OCH3 is 2. The van der Waals surface area contributed by atoms with Crippen LogP contribution in [0, 0.1) is 0 Å². The van der Waals surface area contributed by atoms with Crippen molar-refractivity contribution in [2.45, 2.75) is 17.9 Å². The van der Waals surface area contributed by atoms with Gasteiger partial charge in [-0.15, -0.1) is 0 Å². The number of aromatic nitrogens is 4. The Morgan fingerprint density at radius 2 is 2.12 bits per heavy atom. The van der Waals surface area contributed by atoms with Crippen molar-refractivity contribution in [3.05, 3.63) is 47.9 Å². The van der Waals surface area contributed by atoms with Crippen molar-refractivity contribution in [3.8, 4) is 17.4 Å². The van der Waals surface area contributed by atoms with E-state index in [1.807, 2.05) is 0 Å². The van der Waals surface area contributed by atoms with E-state index in [2.05, 4.69) is 20.0 Å². The van der Waals surface area contributed by atoms with Crippen molar-refractivity contribution >= 4 is 26.8 Å². The largest absolute Gasteiger partial charge is 0.495 e. The third kappa shape index (κ3) is 3.38. The predicted molar refractivity (Wildman–Crippen MR) is 113 cm³/mol. The molecular weight excluding hydrogens is 438 g/mol. The molecule has 1 N–H and O–H groups in total. The van der Waals surface area contributed by atoms with Crippen molar-refractivity contribution in [1.29, 1.82) is 0 Å². The van der Waals surface area contributed by atoms with E-state index in [0.29, 0.717) is 36.2 Å². The number of ether oxygens (including phenoxy) is 3. The van der Waals surface area contributed by atoms with Crippen LogP contribution >= 0.6 is 0 Å². The van der Waals surface area contributed by atoms with Crippen LogP contribution in [-0.2, 0) is 23.0 Å². The fraction of sp³-hybridized carbons (Fsp3) is 0.250. The summed E-state index contributed by atoms with van der Waals surface area (Å²) in [6.45, 7) is 0.778. The highest BCUT2D eigenvalue weighted by Gasteiger charge is 2.32. The number of nitrogens with zero attached hydrogens (tertiary/aromatic N) is 4. The molecule has 32 heavy (non-hydrogen) atoms. The van der Waals surface area contributed by atoms with Crippen molar-refractivity contribution in [3.63, 3.8) is 0 Å². The maximum Gasteiger partial charge on any atom is 0.270 e. The summed E-state index contributed by atoms with van der Waals surface area (Å²) in [4.78, 5) is 4.36. The predicted octanol–water partition coefficient (Wildman–Crippen LogP) is 2.22. The molecule has 166 valence electrons. The Balaban J connectivity index is 1.56.